The van der Waals surface area contributed by atoms with Crippen molar-refractivity contribution in [2.45, 2.75) is 19.4 Å². The van der Waals surface area contributed by atoms with Gasteiger partial charge in [0, 0.05) is 18.6 Å². The molecule has 0 spiro atoms. The van der Waals surface area contributed by atoms with Crippen molar-refractivity contribution in [1.82, 2.24) is 4.98 Å². The second kappa shape index (κ2) is 5.77. The van der Waals surface area contributed by atoms with Crippen LogP contribution in [-0.2, 0) is 4.79 Å². The Kier molecular flexibility index (Phi) is 4.08. The predicted molar refractivity (Wildman–Crippen MR) is 78.4 cm³/mol. The van der Waals surface area contributed by atoms with Gasteiger partial charge in [0.05, 0.1) is 7.11 Å². The second-order valence-electron chi connectivity index (χ2n) is 4.59. The van der Waals surface area contributed by atoms with E-state index < -0.39 is 12.0 Å². The first-order valence-corrected chi connectivity index (χ1v) is 6.47. The Morgan fingerprint density at radius 2 is 2.20 bits per heavy atom. The van der Waals surface area contributed by atoms with Crippen LogP contribution in [0.4, 0.5) is 5.82 Å². The van der Waals surface area contributed by atoms with Crippen molar-refractivity contribution in [2.24, 2.45) is 0 Å². The van der Waals surface area contributed by atoms with Gasteiger partial charge in [0.2, 0.25) is 0 Å². The minimum Gasteiger partial charge on any atom is -0.497 e. The highest BCUT2D eigenvalue weighted by molar-refractivity contribution is 5.94. The molecule has 2 aromatic rings. The van der Waals surface area contributed by atoms with Crippen LogP contribution in [0.1, 0.15) is 13.3 Å². The topological polar surface area (TPSA) is 62.7 Å². The summed E-state index contributed by atoms with van der Waals surface area (Å²) in [6.45, 7) is 1.85. The van der Waals surface area contributed by atoms with Crippen LogP contribution in [0.2, 0.25) is 0 Å². The van der Waals surface area contributed by atoms with E-state index in [1.54, 1.807) is 25.3 Å². The highest BCUT2D eigenvalue weighted by Gasteiger charge is 2.22. The average molecular weight is 274 g/mol. The summed E-state index contributed by atoms with van der Waals surface area (Å²) in [6.07, 6.45) is 2.20. The molecule has 5 heteroatoms. The van der Waals surface area contributed by atoms with Crippen molar-refractivity contribution in [1.29, 1.82) is 0 Å². The van der Waals surface area contributed by atoms with Gasteiger partial charge in [-0.25, -0.2) is 9.78 Å². The van der Waals surface area contributed by atoms with E-state index in [-0.39, 0.29) is 0 Å². The molecule has 0 fully saturated rings. The third kappa shape index (κ3) is 2.52. The second-order valence-corrected chi connectivity index (χ2v) is 4.59. The van der Waals surface area contributed by atoms with Crippen LogP contribution < -0.4 is 9.64 Å². The Hall–Kier alpha value is -2.30. The van der Waals surface area contributed by atoms with E-state index in [2.05, 4.69) is 4.98 Å². The number of ether oxygens (including phenoxy) is 1. The summed E-state index contributed by atoms with van der Waals surface area (Å²) in [6, 6.07) is 6.97. The molecular weight excluding hydrogens is 256 g/mol. The summed E-state index contributed by atoms with van der Waals surface area (Å²) in [5.41, 5.74) is 0. The summed E-state index contributed by atoms with van der Waals surface area (Å²) >= 11 is 0. The smallest absolute Gasteiger partial charge is 0.326 e. The van der Waals surface area contributed by atoms with Gasteiger partial charge in [-0.05, 0) is 36.1 Å². The molecule has 0 saturated heterocycles. The maximum absolute atomic E-state index is 11.3. The highest BCUT2D eigenvalue weighted by Crippen LogP contribution is 2.28. The van der Waals surface area contributed by atoms with Gasteiger partial charge >= 0.3 is 5.97 Å². The number of carboxylic acids is 1. The number of methoxy groups -OCH3 is 1. The largest absolute Gasteiger partial charge is 0.497 e. The number of rotatable bonds is 5. The minimum absolute atomic E-state index is 0.514. The van der Waals surface area contributed by atoms with Gasteiger partial charge in [0.1, 0.15) is 17.6 Å². The van der Waals surface area contributed by atoms with Crippen molar-refractivity contribution < 1.29 is 14.6 Å². The zero-order valence-electron chi connectivity index (χ0n) is 11.8. The van der Waals surface area contributed by atoms with E-state index in [4.69, 9.17) is 4.74 Å². The molecular formula is C15H18N2O3. The van der Waals surface area contributed by atoms with Crippen LogP contribution in [0.15, 0.2) is 30.5 Å². The summed E-state index contributed by atoms with van der Waals surface area (Å²) < 4.78 is 5.20. The lowest BCUT2D eigenvalue weighted by atomic mass is 10.1. The standard InChI is InChI=1S/C15H18N2O3/c1-4-13(15(18)19)17(2)14-12-6-5-11(20-3)9-10(12)7-8-16-14/h5-9,13H,4H2,1-3H3,(H,18,19). The molecule has 1 N–H and O–H groups in total. The van der Waals surface area contributed by atoms with Crippen molar-refractivity contribution >= 4 is 22.6 Å². The number of hydrogen-bond acceptors (Lipinski definition) is 4. The van der Waals surface area contributed by atoms with Crippen LogP contribution in [0, 0.1) is 0 Å². The van der Waals surface area contributed by atoms with Crippen LogP contribution in [0.25, 0.3) is 10.8 Å². The lowest BCUT2D eigenvalue weighted by Gasteiger charge is -2.25. The van der Waals surface area contributed by atoms with E-state index in [1.165, 1.54) is 0 Å². The Morgan fingerprint density at radius 3 is 2.80 bits per heavy atom. The lowest BCUT2D eigenvalue weighted by Crippen LogP contribution is -2.38. The van der Waals surface area contributed by atoms with Crippen molar-refractivity contribution in [2.75, 3.05) is 19.1 Å². The van der Waals surface area contributed by atoms with Crippen molar-refractivity contribution in [3.05, 3.63) is 30.5 Å². The maximum atomic E-state index is 11.3. The summed E-state index contributed by atoms with van der Waals surface area (Å²) in [4.78, 5) is 17.3. The number of nitrogens with zero attached hydrogens (tertiary/aromatic N) is 2. The van der Waals surface area contributed by atoms with E-state index in [0.29, 0.717) is 12.2 Å². The molecule has 1 aromatic carbocycles. The molecule has 0 radical (unpaired) electrons. The van der Waals surface area contributed by atoms with Crippen LogP contribution in [0.3, 0.4) is 0 Å². The molecule has 5 nitrogen and oxygen atoms in total. The number of pyridine rings is 1. The molecule has 20 heavy (non-hydrogen) atoms. The normalized spacial score (nSPS) is 12.2. The van der Waals surface area contributed by atoms with Crippen molar-refractivity contribution in [3.8, 4) is 5.75 Å². The Balaban J connectivity index is 2.51. The first-order valence-electron chi connectivity index (χ1n) is 6.47. The first kappa shape index (κ1) is 14.1. The summed E-state index contributed by atoms with van der Waals surface area (Å²) in [5.74, 6) is 0.587. The number of benzene rings is 1. The molecule has 0 aliphatic heterocycles. The third-order valence-electron chi connectivity index (χ3n) is 3.42. The molecule has 1 atom stereocenters. The maximum Gasteiger partial charge on any atom is 0.326 e. The van der Waals surface area contributed by atoms with Crippen LogP contribution >= 0.6 is 0 Å². The van der Waals surface area contributed by atoms with E-state index in [0.717, 1.165) is 16.5 Å². The molecule has 1 heterocycles. The van der Waals surface area contributed by atoms with Gasteiger partial charge in [-0.2, -0.15) is 0 Å². The third-order valence-corrected chi connectivity index (χ3v) is 3.42. The van der Waals surface area contributed by atoms with E-state index >= 15 is 0 Å². The SMILES string of the molecule is CCC(C(=O)O)N(C)c1nccc2cc(OC)ccc12. The summed E-state index contributed by atoms with van der Waals surface area (Å²) in [7, 11) is 3.38. The molecule has 0 aliphatic carbocycles. The average Bonchev–Trinajstić information content (AvgIpc) is 2.46. The fraction of sp³-hybridized carbons (Fsp3) is 0.333. The number of likely N-dealkylation sites (N-methyl/N-ethyl adjacent to an activating group) is 1. The number of hydrogen-bond donors (Lipinski definition) is 1. The minimum atomic E-state index is -0.845. The van der Waals surface area contributed by atoms with E-state index in [1.807, 2.05) is 31.2 Å². The number of fused-ring (bicyclic) bond motifs is 1. The highest BCUT2D eigenvalue weighted by atomic mass is 16.5. The number of carboxylic acid groups (broad SMARTS) is 1. The Bertz CT molecular complexity index is 628. The molecule has 0 bridgehead atoms. The zero-order chi connectivity index (χ0) is 14.7. The first-order chi connectivity index (χ1) is 9.58. The lowest BCUT2D eigenvalue weighted by molar-refractivity contribution is -0.138. The number of aromatic nitrogens is 1. The number of carbonyl (C=O) groups is 1. The predicted octanol–water partition coefficient (Wildman–Crippen LogP) is 2.54. The van der Waals surface area contributed by atoms with E-state index in [9.17, 15) is 9.90 Å². The van der Waals surface area contributed by atoms with Crippen LogP contribution in [0.5, 0.6) is 5.75 Å². The Morgan fingerprint density at radius 1 is 1.45 bits per heavy atom. The molecule has 1 aromatic heterocycles. The van der Waals surface area contributed by atoms with Gasteiger partial charge in [-0.1, -0.05) is 6.92 Å². The molecule has 106 valence electrons. The number of aliphatic carboxylic acids is 1. The molecule has 0 aliphatic rings. The van der Waals surface area contributed by atoms with Crippen LogP contribution in [-0.4, -0.2) is 36.3 Å². The van der Waals surface area contributed by atoms with Gasteiger partial charge in [-0.15, -0.1) is 0 Å². The van der Waals surface area contributed by atoms with Gasteiger partial charge in [-0.3, -0.25) is 0 Å². The summed E-state index contributed by atoms with van der Waals surface area (Å²) in [5, 5.41) is 11.2. The zero-order valence-corrected chi connectivity index (χ0v) is 11.8. The number of anilines is 1. The molecule has 2 rings (SSSR count). The molecule has 0 amide bonds. The fourth-order valence-corrected chi connectivity index (χ4v) is 2.31. The van der Waals surface area contributed by atoms with Gasteiger partial charge in [0.15, 0.2) is 0 Å². The van der Waals surface area contributed by atoms with Crippen molar-refractivity contribution in [3.63, 3.8) is 0 Å². The molecule has 0 saturated carbocycles. The molecule has 1 unspecified atom stereocenters. The Labute approximate surface area is 117 Å². The quantitative estimate of drug-likeness (QED) is 0.907. The fourth-order valence-electron chi connectivity index (χ4n) is 2.31. The van der Waals surface area contributed by atoms with Gasteiger partial charge in [0.25, 0.3) is 0 Å². The van der Waals surface area contributed by atoms with Gasteiger partial charge < -0.3 is 14.7 Å². The monoisotopic (exact) mass is 274 g/mol.